The SMILES string of the molecule is c1ccc(-c2ccnc3c2ccc2c(-c4ccccc4)c(-c4cc5ccccc5c5ccccc45)c(-c4cc5ccccc5c5ccccc45)nc23)cc1. The maximum absolute atomic E-state index is 5.85. The van der Waals surface area contributed by atoms with Gasteiger partial charge in [0.25, 0.3) is 0 Å². The van der Waals surface area contributed by atoms with Gasteiger partial charge < -0.3 is 0 Å². The van der Waals surface area contributed by atoms with Crippen molar-refractivity contribution < 1.29 is 0 Å². The van der Waals surface area contributed by atoms with Crippen molar-refractivity contribution in [3.8, 4) is 44.6 Å². The van der Waals surface area contributed by atoms with Gasteiger partial charge in [-0.3, -0.25) is 4.98 Å². The second-order valence-electron chi connectivity index (χ2n) is 14.0. The molecule has 0 aliphatic carbocycles. The van der Waals surface area contributed by atoms with Crippen molar-refractivity contribution in [1.29, 1.82) is 0 Å². The van der Waals surface area contributed by atoms with Crippen LogP contribution in [0.1, 0.15) is 0 Å². The zero-order valence-electron chi connectivity index (χ0n) is 29.4. The number of benzene rings is 9. The molecule has 0 saturated heterocycles. The molecule has 0 fully saturated rings. The van der Waals surface area contributed by atoms with Gasteiger partial charge in [-0.1, -0.05) is 170 Å². The van der Waals surface area contributed by atoms with E-state index >= 15 is 0 Å². The normalized spacial score (nSPS) is 11.7. The molecule has 0 bridgehead atoms. The minimum Gasteiger partial charge on any atom is -0.254 e. The lowest BCUT2D eigenvalue weighted by Crippen LogP contribution is -2.00. The van der Waals surface area contributed by atoms with Crippen LogP contribution in [0.5, 0.6) is 0 Å². The highest BCUT2D eigenvalue weighted by molar-refractivity contribution is 6.23. The largest absolute Gasteiger partial charge is 0.254 e. The molecular formula is C52H32N2. The van der Waals surface area contributed by atoms with E-state index in [0.717, 1.165) is 66.4 Å². The standard InChI is InChI=1S/C52H32N2/c1-3-15-33(16-4-1)39-29-30-53-51-44(39)27-28-45-48(34-17-5-2-6-18-34)49(46-31-35-19-7-9-21-37(35)40-23-11-13-25-42(40)46)50(54-52(45)51)47-32-36-20-8-10-22-38(36)41-24-12-14-26-43(41)47/h1-32H. The van der Waals surface area contributed by atoms with Crippen molar-refractivity contribution in [2.24, 2.45) is 0 Å². The van der Waals surface area contributed by atoms with Crippen LogP contribution >= 0.6 is 0 Å². The zero-order valence-corrected chi connectivity index (χ0v) is 29.4. The van der Waals surface area contributed by atoms with Crippen LogP contribution in [0.25, 0.3) is 110 Å². The highest BCUT2D eigenvalue weighted by atomic mass is 14.8. The lowest BCUT2D eigenvalue weighted by atomic mass is 9.83. The van der Waals surface area contributed by atoms with Gasteiger partial charge in [-0.05, 0) is 83.5 Å². The molecule has 2 heteroatoms. The Morgan fingerprint density at radius 2 is 0.796 bits per heavy atom. The van der Waals surface area contributed by atoms with E-state index in [-0.39, 0.29) is 0 Å². The second kappa shape index (κ2) is 12.2. The summed E-state index contributed by atoms with van der Waals surface area (Å²) in [5, 5.41) is 11.8. The zero-order chi connectivity index (χ0) is 35.6. The summed E-state index contributed by atoms with van der Waals surface area (Å²) in [6, 6.07) is 67.9. The van der Waals surface area contributed by atoms with Crippen molar-refractivity contribution >= 4 is 64.9 Å². The molecule has 0 aliphatic heterocycles. The Labute approximate surface area is 312 Å². The molecule has 0 saturated carbocycles. The van der Waals surface area contributed by atoms with Gasteiger partial charge in [-0.15, -0.1) is 0 Å². The molecule has 0 spiro atoms. The van der Waals surface area contributed by atoms with E-state index in [1.165, 1.54) is 43.1 Å². The van der Waals surface area contributed by atoms with Crippen LogP contribution in [-0.4, -0.2) is 9.97 Å². The molecule has 2 aromatic heterocycles. The van der Waals surface area contributed by atoms with Gasteiger partial charge in [0.2, 0.25) is 0 Å². The number of nitrogens with zero attached hydrogens (tertiary/aromatic N) is 2. The fraction of sp³-hybridized carbons (Fsp3) is 0. The first kappa shape index (κ1) is 30.5. The number of rotatable bonds is 4. The van der Waals surface area contributed by atoms with E-state index in [1.807, 2.05) is 6.20 Å². The molecular weight excluding hydrogens is 653 g/mol. The van der Waals surface area contributed by atoms with E-state index in [2.05, 4.69) is 188 Å². The number of hydrogen-bond donors (Lipinski definition) is 0. The molecule has 2 nitrogen and oxygen atoms in total. The molecule has 0 amide bonds. The molecule has 2 heterocycles. The van der Waals surface area contributed by atoms with Gasteiger partial charge in [0, 0.05) is 33.7 Å². The molecule has 9 aromatic carbocycles. The van der Waals surface area contributed by atoms with Gasteiger partial charge in [-0.25, -0.2) is 4.98 Å². The predicted octanol–water partition coefficient (Wildman–Crippen LogP) is 14.1. The van der Waals surface area contributed by atoms with E-state index in [4.69, 9.17) is 9.97 Å². The summed E-state index contributed by atoms with van der Waals surface area (Å²) in [6.07, 6.45) is 1.93. The van der Waals surface area contributed by atoms with Gasteiger partial charge in [0.05, 0.1) is 16.7 Å². The van der Waals surface area contributed by atoms with Crippen molar-refractivity contribution in [1.82, 2.24) is 9.97 Å². The smallest absolute Gasteiger partial charge is 0.0979 e. The Hall–Kier alpha value is -7.16. The Morgan fingerprint density at radius 1 is 0.296 bits per heavy atom. The lowest BCUT2D eigenvalue weighted by molar-refractivity contribution is 1.37. The third kappa shape index (κ3) is 4.67. The van der Waals surface area contributed by atoms with Crippen molar-refractivity contribution in [2.75, 3.05) is 0 Å². The Balaban J connectivity index is 1.39. The van der Waals surface area contributed by atoms with E-state index < -0.39 is 0 Å². The Morgan fingerprint density at radius 3 is 1.44 bits per heavy atom. The number of fused-ring (bicyclic) bond motifs is 9. The maximum atomic E-state index is 5.85. The predicted molar refractivity (Wildman–Crippen MR) is 229 cm³/mol. The molecule has 0 aliphatic rings. The summed E-state index contributed by atoms with van der Waals surface area (Å²) >= 11 is 0. The summed E-state index contributed by atoms with van der Waals surface area (Å²) in [6.45, 7) is 0. The van der Waals surface area contributed by atoms with Crippen LogP contribution in [0.15, 0.2) is 194 Å². The minimum atomic E-state index is 0.894. The second-order valence-corrected chi connectivity index (χ2v) is 14.0. The first-order valence-corrected chi connectivity index (χ1v) is 18.5. The van der Waals surface area contributed by atoms with E-state index in [1.54, 1.807) is 0 Å². The van der Waals surface area contributed by atoms with Crippen LogP contribution in [0, 0.1) is 0 Å². The topological polar surface area (TPSA) is 25.8 Å². The first-order valence-electron chi connectivity index (χ1n) is 18.5. The summed E-state index contributed by atoms with van der Waals surface area (Å²) in [5.41, 5.74) is 10.7. The number of aromatic nitrogens is 2. The molecule has 0 radical (unpaired) electrons. The van der Waals surface area contributed by atoms with E-state index in [0.29, 0.717) is 0 Å². The van der Waals surface area contributed by atoms with Crippen molar-refractivity contribution in [3.63, 3.8) is 0 Å². The summed E-state index contributed by atoms with van der Waals surface area (Å²) < 4.78 is 0. The fourth-order valence-electron chi connectivity index (χ4n) is 8.68. The van der Waals surface area contributed by atoms with Gasteiger partial charge in [0.15, 0.2) is 0 Å². The quantitative estimate of drug-likeness (QED) is 0.172. The average Bonchev–Trinajstić information content (AvgIpc) is 3.25. The van der Waals surface area contributed by atoms with Crippen LogP contribution in [0.4, 0.5) is 0 Å². The minimum absolute atomic E-state index is 0.894. The molecule has 0 atom stereocenters. The molecule has 11 aromatic rings. The van der Waals surface area contributed by atoms with E-state index in [9.17, 15) is 0 Å². The Kier molecular flexibility index (Phi) is 6.90. The van der Waals surface area contributed by atoms with Crippen LogP contribution in [0.2, 0.25) is 0 Å². The highest BCUT2D eigenvalue weighted by Crippen LogP contribution is 2.49. The fourth-order valence-corrected chi connectivity index (χ4v) is 8.68. The molecule has 0 unspecified atom stereocenters. The molecule has 250 valence electrons. The lowest BCUT2D eigenvalue weighted by Gasteiger charge is -2.22. The number of hydrogen-bond acceptors (Lipinski definition) is 2. The maximum Gasteiger partial charge on any atom is 0.0979 e. The number of pyridine rings is 2. The highest BCUT2D eigenvalue weighted by Gasteiger charge is 2.25. The summed E-state index contributed by atoms with van der Waals surface area (Å²) in [5.74, 6) is 0. The average molecular weight is 685 g/mol. The van der Waals surface area contributed by atoms with Crippen molar-refractivity contribution in [2.45, 2.75) is 0 Å². The van der Waals surface area contributed by atoms with Crippen LogP contribution in [0.3, 0.4) is 0 Å². The third-order valence-corrected chi connectivity index (χ3v) is 11.1. The summed E-state index contributed by atoms with van der Waals surface area (Å²) in [4.78, 5) is 11.0. The van der Waals surface area contributed by atoms with Gasteiger partial charge in [-0.2, -0.15) is 0 Å². The molecule has 54 heavy (non-hydrogen) atoms. The van der Waals surface area contributed by atoms with Crippen molar-refractivity contribution in [3.05, 3.63) is 194 Å². The Bertz CT molecular complexity index is 3260. The van der Waals surface area contributed by atoms with Crippen LogP contribution in [-0.2, 0) is 0 Å². The molecule has 11 rings (SSSR count). The summed E-state index contributed by atoms with van der Waals surface area (Å²) in [7, 11) is 0. The molecule has 0 N–H and O–H groups in total. The first-order chi connectivity index (χ1) is 26.8. The monoisotopic (exact) mass is 684 g/mol. The van der Waals surface area contributed by atoms with Gasteiger partial charge >= 0.3 is 0 Å². The van der Waals surface area contributed by atoms with Gasteiger partial charge in [0.1, 0.15) is 0 Å². The third-order valence-electron chi connectivity index (χ3n) is 11.1. The van der Waals surface area contributed by atoms with Crippen LogP contribution < -0.4 is 0 Å².